The van der Waals surface area contributed by atoms with Crippen LogP contribution in [0, 0.1) is 18.3 Å². The second-order valence-corrected chi connectivity index (χ2v) is 4.51. The normalized spacial score (nSPS) is 10.6. The highest BCUT2D eigenvalue weighted by molar-refractivity contribution is 5.84. The molecule has 3 aromatic rings. The maximum atomic E-state index is 11.8. The smallest absolute Gasteiger partial charge is 0.268 e. The molecular weight excluding hydrogens is 254 g/mol. The highest BCUT2D eigenvalue weighted by Gasteiger charge is 2.11. The van der Waals surface area contributed by atoms with E-state index in [0.717, 1.165) is 22.4 Å². The summed E-state index contributed by atoms with van der Waals surface area (Å²) in [5.41, 5.74) is 8.17. The Hall–Kier alpha value is -3.07. The molecule has 0 spiro atoms. The number of nitrogen functional groups attached to an aromatic ring is 1. The van der Waals surface area contributed by atoms with Crippen molar-refractivity contribution >= 4 is 16.9 Å². The van der Waals surface area contributed by atoms with Gasteiger partial charge < -0.3 is 15.7 Å². The van der Waals surface area contributed by atoms with Gasteiger partial charge in [-0.3, -0.25) is 4.79 Å². The maximum Gasteiger partial charge on any atom is 0.268 e. The molecule has 0 saturated carbocycles. The third kappa shape index (κ3) is 1.82. The van der Waals surface area contributed by atoms with Crippen LogP contribution < -0.4 is 11.3 Å². The van der Waals surface area contributed by atoms with Gasteiger partial charge in [-0.1, -0.05) is 6.07 Å². The number of aromatic nitrogens is 3. The van der Waals surface area contributed by atoms with Crippen molar-refractivity contribution in [3.05, 3.63) is 46.0 Å². The molecule has 2 aromatic heterocycles. The van der Waals surface area contributed by atoms with E-state index in [9.17, 15) is 4.79 Å². The Bertz CT molecular complexity index is 913. The largest absolute Gasteiger partial charge is 0.385 e. The Labute approximate surface area is 113 Å². The fourth-order valence-electron chi connectivity index (χ4n) is 2.22. The molecule has 3 rings (SSSR count). The summed E-state index contributed by atoms with van der Waals surface area (Å²) in [5.74, 6) is 1.04. The number of nitriles is 1. The number of hydrogen-bond donors (Lipinski definition) is 3. The first-order valence-corrected chi connectivity index (χ1v) is 5.98. The van der Waals surface area contributed by atoms with Crippen LogP contribution in [0.2, 0.25) is 0 Å². The molecule has 0 radical (unpaired) electrons. The predicted molar refractivity (Wildman–Crippen MR) is 76.0 cm³/mol. The molecule has 0 atom stereocenters. The minimum atomic E-state index is -0.483. The van der Waals surface area contributed by atoms with Crippen molar-refractivity contribution in [1.29, 1.82) is 5.26 Å². The van der Waals surface area contributed by atoms with Crippen molar-refractivity contribution in [3.8, 4) is 17.2 Å². The second kappa shape index (κ2) is 4.24. The Kier molecular flexibility index (Phi) is 2.54. The van der Waals surface area contributed by atoms with Crippen LogP contribution >= 0.6 is 0 Å². The number of hydrogen-bond acceptors (Lipinski definition) is 4. The first-order valence-electron chi connectivity index (χ1n) is 5.98. The van der Waals surface area contributed by atoms with E-state index < -0.39 is 5.56 Å². The van der Waals surface area contributed by atoms with Crippen molar-refractivity contribution in [2.75, 3.05) is 5.73 Å². The van der Waals surface area contributed by atoms with E-state index in [4.69, 9.17) is 11.0 Å². The van der Waals surface area contributed by atoms with Gasteiger partial charge in [0.05, 0.1) is 11.0 Å². The average Bonchev–Trinajstić information content (AvgIpc) is 2.76. The van der Waals surface area contributed by atoms with Crippen LogP contribution in [0.3, 0.4) is 0 Å². The van der Waals surface area contributed by atoms with Gasteiger partial charge in [-0.2, -0.15) is 5.26 Å². The maximum absolute atomic E-state index is 11.8. The average molecular weight is 265 g/mol. The van der Waals surface area contributed by atoms with E-state index in [0.29, 0.717) is 5.56 Å². The van der Waals surface area contributed by atoms with Crippen LogP contribution in [0.25, 0.3) is 22.2 Å². The first-order chi connectivity index (χ1) is 9.58. The summed E-state index contributed by atoms with van der Waals surface area (Å²) in [4.78, 5) is 21.6. The number of benzene rings is 1. The second-order valence-electron chi connectivity index (χ2n) is 4.51. The fourth-order valence-corrected chi connectivity index (χ4v) is 2.22. The van der Waals surface area contributed by atoms with Gasteiger partial charge in [0.25, 0.3) is 5.56 Å². The lowest BCUT2D eigenvalue weighted by atomic mass is 10.0. The van der Waals surface area contributed by atoms with Crippen LogP contribution in [-0.4, -0.2) is 15.0 Å². The van der Waals surface area contributed by atoms with E-state index >= 15 is 0 Å². The summed E-state index contributed by atoms with van der Waals surface area (Å²) >= 11 is 0. The highest BCUT2D eigenvalue weighted by atomic mass is 16.1. The zero-order valence-electron chi connectivity index (χ0n) is 10.7. The Morgan fingerprint density at radius 3 is 2.85 bits per heavy atom. The molecule has 98 valence electrons. The minimum Gasteiger partial charge on any atom is -0.385 e. The summed E-state index contributed by atoms with van der Waals surface area (Å²) < 4.78 is 0. The van der Waals surface area contributed by atoms with Gasteiger partial charge in [0.15, 0.2) is 0 Å². The number of nitrogens with two attached hydrogens (primary N) is 1. The summed E-state index contributed by atoms with van der Waals surface area (Å²) in [6.07, 6.45) is 0. The predicted octanol–water partition coefficient (Wildman–Crippen LogP) is 1.68. The molecule has 6 nitrogen and oxygen atoms in total. The number of fused-ring (bicyclic) bond motifs is 1. The van der Waals surface area contributed by atoms with E-state index in [1.165, 1.54) is 0 Å². The van der Waals surface area contributed by atoms with Crippen LogP contribution in [0.5, 0.6) is 0 Å². The monoisotopic (exact) mass is 265 g/mol. The number of pyridine rings is 1. The van der Waals surface area contributed by atoms with Gasteiger partial charge >= 0.3 is 0 Å². The van der Waals surface area contributed by atoms with E-state index in [-0.39, 0.29) is 11.4 Å². The summed E-state index contributed by atoms with van der Waals surface area (Å²) in [6, 6.07) is 9.01. The molecule has 0 aliphatic heterocycles. The quantitative estimate of drug-likeness (QED) is 0.621. The molecule has 20 heavy (non-hydrogen) atoms. The highest BCUT2D eigenvalue weighted by Crippen LogP contribution is 2.25. The van der Waals surface area contributed by atoms with Crippen molar-refractivity contribution in [2.24, 2.45) is 0 Å². The number of nitrogens with one attached hydrogen (secondary N) is 2. The first kappa shape index (κ1) is 12.0. The zero-order chi connectivity index (χ0) is 14.3. The van der Waals surface area contributed by atoms with Crippen molar-refractivity contribution < 1.29 is 0 Å². The van der Waals surface area contributed by atoms with Crippen molar-refractivity contribution in [3.63, 3.8) is 0 Å². The number of aryl methyl sites for hydroxylation is 1. The van der Waals surface area contributed by atoms with Crippen LogP contribution in [0.4, 0.5) is 5.82 Å². The lowest BCUT2D eigenvalue weighted by Crippen LogP contribution is -2.13. The van der Waals surface area contributed by atoms with E-state index in [1.807, 2.05) is 31.2 Å². The number of H-pyrrole nitrogens is 2. The van der Waals surface area contributed by atoms with Gasteiger partial charge in [0.2, 0.25) is 0 Å². The minimum absolute atomic E-state index is 0.0507. The SMILES string of the molecule is Cc1nc2ccc(-c3cc(N)[nH]c(=O)c3C#N)cc2[nH]1. The van der Waals surface area contributed by atoms with Gasteiger partial charge in [-0.05, 0) is 30.7 Å². The molecule has 4 N–H and O–H groups in total. The van der Waals surface area contributed by atoms with E-state index in [1.54, 1.807) is 6.07 Å². The molecular formula is C14H11N5O. The summed E-state index contributed by atoms with van der Waals surface area (Å²) in [6.45, 7) is 1.87. The van der Waals surface area contributed by atoms with Gasteiger partial charge in [-0.15, -0.1) is 0 Å². The molecule has 0 aliphatic carbocycles. The summed E-state index contributed by atoms with van der Waals surface area (Å²) in [7, 11) is 0. The van der Waals surface area contributed by atoms with Crippen LogP contribution in [0.1, 0.15) is 11.4 Å². The number of rotatable bonds is 1. The molecule has 6 heteroatoms. The zero-order valence-corrected chi connectivity index (χ0v) is 10.7. The Balaban J connectivity index is 2.30. The number of anilines is 1. The molecule has 1 aromatic carbocycles. The van der Waals surface area contributed by atoms with E-state index in [2.05, 4.69) is 15.0 Å². The topological polar surface area (TPSA) is 111 Å². The Morgan fingerprint density at radius 1 is 1.30 bits per heavy atom. The lowest BCUT2D eigenvalue weighted by molar-refractivity contribution is 1.17. The standard InChI is InChI=1S/C14H11N5O/c1-7-17-11-3-2-8(4-12(11)18-7)9-5-13(16)19-14(20)10(9)6-15/h2-5H,1H3,(H,17,18)(H3,16,19,20). The number of imidazole rings is 1. The number of aromatic amines is 2. The molecule has 0 bridgehead atoms. The lowest BCUT2D eigenvalue weighted by Gasteiger charge is -2.05. The van der Waals surface area contributed by atoms with Gasteiger partial charge in [0, 0.05) is 5.56 Å². The molecule has 0 amide bonds. The number of nitrogens with zero attached hydrogens (tertiary/aromatic N) is 2. The van der Waals surface area contributed by atoms with Crippen molar-refractivity contribution in [1.82, 2.24) is 15.0 Å². The fraction of sp³-hybridized carbons (Fsp3) is 0.0714. The Morgan fingerprint density at radius 2 is 2.10 bits per heavy atom. The summed E-state index contributed by atoms with van der Waals surface area (Å²) in [5, 5.41) is 9.14. The molecule has 0 saturated heterocycles. The molecule has 0 fully saturated rings. The molecule has 0 aliphatic rings. The van der Waals surface area contributed by atoms with Crippen molar-refractivity contribution in [2.45, 2.75) is 6.92 Å². The van der Waals surface area contributed by atoms with Crippen LogP contribution in [0.15, 0.2) is 29.1 Å². The third-order valence-electron chi connectivity index (χ3n) is 3.08. The molecule has 0 unspecified atom stereocenters. The van der Waals surface area contributed by atoms with Gasteiger partial charge in [0.1, 0.15) is 23.3 Å². The van der Waals surface area contributed by atoms with Crippen LogP contribution in [-0.2, 0) is 0 Å². The van der Waals surface area contributed by atoms with Gasteiger partial charge in [-0.25, -0.2) is 4.98 Å². The third-order valence-corrected chi connectivity index (χ3v) is 3.08. The molecule has 2 heterocycles.